The molecule has 0 unspecified atom stereocenters. The summed E-state index contributed by atoms with van der Waals surface area (Å²) < 4.78 is 5.72. The maximum atomic E-state index is 13.5. The molecule has 0 spiro atoms. The lowest BCUT2D eigenvalue weighted by Gasteiger charge is -2.32. The number of aryl methyl sites for hydroxylation is 2. The Balaban J connectivity index is 1.33. The second kappa shape index (κ2) is 8.98. The fourth-order valence-corrected chi connectivity index (χ4v) is 5.03. The van der Waals surface area contributed by atoms with Crippen LogP contribution in [0.3, 0.4) is 0 Å². The zero-order valence-electron chi connectivity index (χ0n) is 19.3. The number of nitrogens with two attached hydrogens (primary N) is 1. The van der Waals surface area contributed by atoms with Crippen molar-refractivity contribution in [3.05, 3.63) is 64.5 Å². The van der Waals surface area contributed by atoms with Gasteiger partial charge < -0.3 is 20.4 Å². The second-order valence-electron chi connectivity index (χ2n) is 9.28. The van der Waals surface area contributed by atoms with Gasteiger partial charge in [-0.1, -0.05) is 18.2 Å². The van der Waals surface area contributed by atoms with Gasteiger partial charge in [0.2, 0.25) is 0 Å². The van der Waals surface area contributed by atoms with Crippen LogP contribution in [0.2, 0.25) is 0 Å². The van der Waals surface area contributed by atoms with E-state index >= 15 is 0 Å². The molecule has 7 nitrogen and oxygen atoms in total. The molecular formula is C26H31N5O2. The Kier molecular flexibility index (Phi) is 5.89. The summed E-state index contributed by atoms with van der Waals surface area (Å²) in [5.74, 6) is 2.01. The predicted octanol–water partition coefficient (Wildman–Crippen LogP) is 4.54. The molecule has 172 valence electrons. The van der Waals surface area contributed by atoms with Crippen LogP contribution in [0.4, 0.5) is 5.69 Å². The minimum atomic E-state index is -0.0135. The molecule has 2 aliphatic rings. The first-order valence-electron chi connectivity index (χ1n) is 11.8. The number of hydrogen-bond acceptors (Lipinski definition) is 5. The second-order valence-corrected chi connectivity index (χ2v) is 9.28. The van der Waals surface area contributed by atoms with Crippen LogP contribution >= 0.6 is 0 Å². The largest absolute Gasteiger partial charge is 0.399 e. The van der Waals surface area contributed by atoms with Crippen LogP contribution in [0.5, 0.6) is 0 Å². The average Bonchev–Trinajstić information content (AvgIpc) is 3.52. The van der Waals surface area contributed by atoms with Crippen LogP contribution in [0.1, 0.15) is 70.6 Å². The first-order valence-corrected chi connectivity index (χ1v) is 11.8. The van der Waals surface area contributed by atoms with Crippen molar-refractivity contribution in [3.63, 3.8) is 0 Å². The monoisotopic (exact) mass is 445 g/mol. The average molecular weight is 446 g/mol. The molecular weight excluding hydrogens is 414 g/mol. The number of H-pyrrole nitrogens is 1. The molecule has 2 aliphatic heterocycles. The molecule has 3 aromatic rings. The summed E-state index contributed by atoms with van der Waals surface area (Å²) in [5, 5.41) is 8.68. The number of carbonyl (C=O) groups is 1. The van der Waals surface area contributed by atoms with Gasteiger partial charge in [-0.2, -0.15) is 0 Å². The molecule has 1 amide bonds. The third kappa shape index (κ3) is 4.37. The van der Waals surface area contributed by atoms with Crippen LogP contribution in [-0.4, -0.2) is 45.7 Å². The van der Waals surface area contributed by atoms with Gasteiger partial charge in [-0.05, 0) is 80.3 Å². The molecule has 0 aliphatic carbocycles. The Bertz CT molecular complexity index is 1140. The molecule has 0 bridgehead atoms. The van der Waals surface area contributed by atoms with Crippen molar-refractivity contribution < 1.29 is 9.53 Å². The summed E-state index contributed by atoms with van der Waals surface area (Å²) in [6, 6.07) is 12.2. The number of aromatic amines is 1. The van der Waals surface area contributed by atoms with Gasteiger partial charge in [-0.15, -0.1) is 10.2 Å². The molecule has 7 heteroatoms. The number of nitrogens with one attached hydrogen (secondary N) is 1. The Morgan fingerprint density at radius 3 is 2.52 bits per heavy atom. The van der Waals surface area contributed by atoms with E-state index in [1.807, 2.05) is 36.9 Å². The Morgan fingerprint density at radius 1 is 1.06 bits per heavy atom. The molecule has 0 saturated carbocycles. The van der Waals surface area contributed by atoms with Crippen molar-refractivity contribution in [2.75, 3.05) is 25.4 Å². The minimum Gasteiger partial charge on any atom is -0.399 e. The highest BCUT2D eigenvalue weighted by molar-refractivity contribution is 5.97. The minimum absolute atomic E-state index is 0.0135. The highest BCUT2D eigenvalue weighted by Gasteiger charge is 2.27. The van der Waals surface area contributed by atoms with Gasteiger partial charge >= 0.3 is 0 Å². The van der Waals surface area contributed by atoms with Crippen molar-refractivity contribution in [1.29, 1.82) is 0 Å². The van der Waals surface area contributed by atoms with E-state index in [0.29, 0.717) is 11.7 Å². The van der Waals surface area contributed by atoms with E-state index in [9.17, 15) is 4.79 Å². The van der Waals surface area contributed by atoms with Crippen molar-refractivity contribution in [3.8, 4) is 11.4 Å². The van der Waals surface area contributed by atoms with Crippen LogP contribution in [0.25, 0.3) is 11.4 Å². The van der Waals surface area contributed by atoms with Crippen molar-refractivity contribution >= 4 is 11.6 Å². The van der Waals surface area contributed by atoms with Crippen LogP contribution in [-0.2, 0) is 4.74 Å². The summed E-state index contributed by atoms with van der Waals surface area (Å²) >= 11 is 0. The number of benzene rings is 2. The number of rotatable bonds is 4. The number of nitrogen functional groups attached to an aromatic ring is 1. The number of anilines is 1. The fraction of sp³-hybridized carbons (Fsp3) is 0.423. The number of piperidine rings is 1. The predicted molar refractivity (Wildman–Crippen MR) is 128 cm³/mol. The van der Waals surface area contributed by atoms with Gasteiger partial charge in [0, 0.05) is 36.5 Å². The van der Waals surface area contributed by atoms with E-state index < -0.39 is 0 Å². The molecule has 3 N–H and O–H groups in total. The molecule has 3 heterocycles. The molecule has 2 fully saturated rings. The van der Waals surface area contributed by atoms with Gasteiger partial charge in [0.25, 0.3) is 5.91 Å². The van der Waals surface area contributed by atoms with Crippen molar-refractivity contribution in [2.45, 2.75) is 51.6 Å². The quantitative estimate of drug-likeness (QED) is 0.575. The van der Waals surface area contributed by atoms with E-state index in [4.69, 9.17) is 10.5 Å². The number of carbonyl (C=O) groups excluding carboxylic acids is 1. The molecule has 1 atom stereocenters. The molecule has 0 radical (unpaired) electrons. The number of likely N-dealkylation sites (tertiary alicyclic amines) is 1. The lowest BCUT2D eigenvalue weighted by molar-refractivity contribution is 0.0712. The van der Waals surface area contributed by atoms with Gasteiger partial charge in [0.15, 0.2) is 11.6 Å². The lowest BCUT2D eigenvalue weighted by atomic mass is 9.89. The Hall–Kier alpha value is -3.19. The SMILES string of the molecule is Cc1cc(C)c(-c2nnc([C@H]3CCCO3)[nH]2)cc1C(=O)N1CCC(c2ccc(N)cc2)CC1. The maximum absolute atomic E-state index is 13.5. The number of ether oxygens (including phenoxy) is 1. The first kappa shape index (κ1) is 21.6. The van der Waals surface area contributed by atoms with Gasteiger partial charge in [-0.25, -0.2) is 0 Å². The molecule has 33 heavy (non-hydrogen) atoms. The first-order chi connectivity index (χ1) is 16.0. The fourth-order valence-electron chi connectivity index (χ4n) is 5.03. The van der Waals surface area contributed by atoms with Gasteiger partial charge in [0.05, 0.1) is 0 Å². The van der Waals surface area contributed by atoms with Crippen molar-refractivity contribution in [2.24, 2.45) is 0 Å². The lowest BCUT2D eigenvalue weighted by Crippen LogP contribution is -2.38. The smallest absolute Gasteiger partial charge is 0.254 e. The number of hydrogen-bond donors (Lipinski definition) is 2. The van der Waals surface area contributed by atoms with E-state index in [1.165, 1.54) is 5.56 Å². The summed E-state index contributed by atoms with van der Waals surface area (Å²) in [5.41, 5.74) is 11.6. The molecule has 2 aromatic carbocycles. The molecule has 2 saturated heterocycles. The zero-order chi connectivity index (χ0) is 22.9. The number of nitrogens with zero attached hydrogens (tertiary/aromatic N) is 3. The summed E-state index contributed by atoms with van der Waals surface area (Å²) in [7, 11) is 0. The molecule has 1 aromatic heterocycles. The Morgan fingerprint density at radius 2 is 1.82 bits per heavy atom. The molecule has 5 rings (SSSR count). The van der Waals surface area contributed by atoms with Crippen LogP contribution in [0.15, 0.2) is 36.4 Å². The topological polar surface area (TPSA) is 97.1 Å². The Labute approximate surface area is 194 Å². The summed E-state index contributed by atoms with van der Waals surface area (Å²) in [6.07, 6.45) is 3.90. The van der Waals surface area contributed by atoms with Crippen LogP contribution < -0.4 is 5.73 Å². The highest BCUT2D eigenvalue weighted by Crippen LogP contribution is 2.32. The van der Waals surface area contributed by atoms with Gasteiger partial charge in [-0.3, -0.25) is 4.79 Å². The number of aromatic nitrogens is 3. The number of amides is 1. The van der Waals surface area contributed by atoms with Crippen molar-refractivity contribution in [1.82, 2.24) is 20.1 Å². The zero-order valence-corrected chi connectivity index (χ0v) is 19.3. The highest BCUT2D eigenvalue weighted by atomic mass is 16.5. The third-order valence-corrected chi connectivity index (χ3v) is 6.99. The van der Waals surface area contributed by atoms with E-state index in [1.54, 1.807) is 0 Å². The van der Waals surface area contributed by atoms with Crippen LogP contribution in [0, 0.1) is 13.8 Å². The summed E-state index contributed by atoms with van der Waals surface area (Å²) in [4.78, 5) is 18.8. The normalized spacial score (nSPS) is 19.2. The standard InChI is InChI=1S/C26H31N5O2/c1-16-14-17(2)22(15-21(16)24-28-25(30-29-24)23-4-3-13-33-23)26(32)31-11-9-19(10-12-31)18-5-7-20(27)8-6-18/h5-8,14-15,19,23H,3-4,9-13,27H2,1-2H3,(H,28,29,30)/t23-/m1/s1. The van der Waals surface area contributed by atoms with E-state index in [-0.39, 0.29) is 12.0 Å². The maximum Gasteiger partial charge on any atom is 0.254 e. The third-order valence-electron chi connectivity index (χ3n) is 6.99. The van der Waals surface area contributed by atoms with E-state index in [2.05, 4.69) is 33.4 Å². The van der Waals surface area contributed by atoms with E-state index in [0.717, 1.165) is 79.1 Å². The summed E-state index contributed by atoms with van der Waals surface area (Å²) in [6.45, 7) is 6.31. The van der Waals surface area contributed by atoms with Gasteiger partial charge in [0.1, 0.15) is 6.10 Å².